The SMILES string of the molecule is Clc1ccccc1CCCN1CCN(C2CCCC2)CC1. The van der Waals surface area contributed by atoms with Gasteiger partial charge in [-0.2, -0.15) is 0 Å². The first-order valence-electron chi connectivity index (χ1n) is 8.53. The molecular formula is C18H27ClN2. The molecule has 0 spiro atoms. The van der Waals surface area contributed by atoms with E-state index in [1.807, 2.05) is 12.1 Å². The number of nitrogens with zero attached hydrogens (tertiary/aromatic N) is 2. The van der Waals surface area contributed by atoms with Crippen molar-refractivity contribution in [2.75, 3.05) is 32.7 Å². The van der Waals surface area contributed by atoms with E-state index in [0.717, 1.165) is 17.5 Å². The summed E-state index contributed by atoms with van der Waals surface area (Å²) in [6.45, 7) is 6.26. The molecule has 21 heavy (non-hydrogen) atoms. The van der Waals surface area contributed by atoms with Crippen LogP contribution in [0.2, 0.25) is 5.02 Å². The zero-order chi connectivity index (χ0) is 14.5. The molecule has 0 aromatic heterocycles. The van der Waals surface area contributed by atoms with Crippen LogP contribution in [0.4, 0.5) is 0 Å². The molecule has 0 bridgehead atoms. The first kappa shape index (κ1) is 15.3. The predicted octanol–water partition coefficient (Wildman–Crippen LogP) is 3.83. The highest BCUT2D eigenvalue weighted by molar-refractivity contribution is 6.31. The van der Waals surface area contributed by atoms with Crippen LogP contribution in [0, 0.1) is 0 Å². The second-order valence-corrected chi connectivity index (χ2v) is 6.92. The van der Waals surface area contributed by atoms with Gasteiger partial charge in [0.2, 0.25) is 0 Å². The van der Waals surface area contributed by atoms with Crippen LogP contribution in [-0.2, 0) is 6.42 Å². The van der Waals surface area contributed by atoms with Crippen LogP contribution in [0.15, 0.2) is 24.3 Å². The third-order valence-corrected chi connectivity index (χ3v) is 5.49. The van der Waals surface area contributed by atoms with E-state index in [1.165, 1.54) is 70.4 Å². The minimum atomic E-state index is 0.898. The summed E-state index contributed by atoms with van der Waals surface area (Å²) in [5.74, 6) is 0. The molecule has 1 heterocycles. The summed E-state index contributed by atoms with van der Waals surface area (Å²) in [6, 6.07) is 9.14. The zero-order valence-electron chi connectivity index (χ0n) is 12.9. The molecule has 3 heteroatoms. The minimum absolute atomic E-state index is 0.898. The van der Waals surface area contributed by atoms with E-state index in [-0.39, 0.29) is 0 Å². The van der Waals surface area contributed by atoms with E-state index in [9.17, 15) is 0 Å². The van der Waals surface area contributed by atoms with E-state index in [0.29, 0.717) is 0 Å². The Balaban J connectivity index is 1.37. The first-order valence-corrected chi connectivity index (χ1v) is 8.90. The summed E-state index contributed by atoms with van der Waals surface area (Å²) in [4.78, 5) is 5.36. The molecule has 1 aromatic rings. The zero-order valence-corrected chi connectivity index (χ0v) is 13.7. The highest BCUT2D eigenvalue weighted by Gasteiger charge is 2.25. The molecule has 1 aliphatic carbocycles. The lowest BCUT2D eigenvalue weighted by molar-refractivity contribution is 0.0973. The molecule has 2 aliphatic rings. The Kier molecular flexibility index (Phi) is 5.56. The lowest BCUT2D eigenvalue weighted by Gasteiger charge is -2.38. The first-order chi connectivity index (χ1) is 10.3. The molecule has 0 N–H and O–H groups in total. The maximum Gasteiger partial charge on any atom is 0.0437 e. The van der Waals surface area contributed by atoms with Crippen molar-refractivity contribution in [2.45, 2.75) is 44.6 Å². The van der Waals surface area contributed by atoms with Crippen LogP contribution in [0.25, 0.3) is 0 Å². The van der Waals surface area contributed by atoms with Crippen molar-refractivity contribution in [3.05, 3.63) is 34.9 Å². The number of halogens is 1. The fourth-order valence-corrected chi connectivity index (χ4v) is 4.05. The summed E-state index contributed by atoms with van der Waals surface area (Å²) < 4.78 is 0. The fourth-order valence-electron chi connectivity index (χ4n) is 3.82. The Hall–Kier alpha value is -0.570. The molecular weight excluding hydrogens is 280 g/mol. The van der Waals surface area contributed by atoms with Gasteiger partial charge in [-0.1, -0.05) is 42.6 Å². The summed E-state index contributed by atoms with van der Waals surface area (Å²) in [5, 5.41) is 0.920. The van der Waals surface area contributed by atoms with E-state index >= 15 is 0 Å². The van der Waals surface area contributed by atoms with Crippen molar-refractivity contribution in [3.63, 3.8) is 0 Å². The Morgan fingerprint density at radius 1 is 1.00 bits per heavy atom. The lowest BCUT2D eigenvalue weighted by Crippen LogP contribution is -2.49. The Morgan fingerprint density at radius 3 is 2.43 bits per heavy atom. The van der Waals surface area contributed by atoms with Gasteiger partial charge in [-0.3, -0.25) is 4.90 Å². The van der Waals surface area contributed by atoms with Gasteiger partial charge in [0.05, 0.1) is 0 Å². The standard InChI is InChI=1S/C18H27ClN2/c19-18-10-4-1-6-16(18)7-5-11-20-12-14-21(15-13-20)17-8-2-3-9-17/h1,4,6,10,17H,2-3,5,7-9,11-15H2. The predicted molar refractivity (Wildman–Crippen MR) is 90.0 cm³/mol. The Morgan fingerprint density at radius 2 is 1.71 bits per heavy atom. The van der Waals surface area contributed by atoms with Crippen LogP contribution in [0.1, 0.15) is 37.7 Å². The third kappa shape index (κ3) is 4.21. The highest BCUT2D eigenvalue weighted by atomic mass is 35.5. The summed E-state index contributed by atoms with van der Waals surface area (Å²) >= 11 is 6.22. The molecule has 1 saturated heterocycles. The maximum absolute atomic E-state index is 6.22. The van der Waals surface area contributed by atoms with Crippen LogP contribution < -0.4 is 0 Å². The second-order valence-electron chi connectivity index (χ2n) is 6.51. The van der Waals surface area contributed by atoms with Gasteiger partial charge in [-0.15, -0.1) is 0 Å². The average molecular weight is 307 g/mol. The largest absolute Gasteiger partial charge is 0.301 e. The lowest BCUT2D eigenvalue weighted by atomic mass is 10.1. The molecule has 3 rings (SSSR count). The highest BCUT2D eigenvalue weighted by Crippen LogP contribution is 2.24. The van der Waals surface area contributed by atoms with Crippen LogP contribution >= 0.6 is 11.6 Å². The van der Waals surface area contributed by atoms with Crippen molar-refractivity contribution in [2.24, 2.45) is 0 Å². The molecule has 0 radical (unpaired) electrons. The van der Waals surface area contributed by atoms with Gasteiger partial charge >= 0.3 is 0 Å². The molecule has 1 aromatic carbocycles. The Labute approximate surface area is 134 Å². The van der Waals surface area contributed by atoms with Crippen molar-refractivity contribution in [1.29, 1.82) is 0 Å². The molecule has 1 saturated carbocycles. The number of benzene rings is 1. The monoisotopic (exact) mass is 306 g/mol. The number of hydrogen-bond donors (Lipinski definition) is 0. The average Bonchev–Trinajstić information content (AvgIpc) is 3.04. The summed E-state index contributed by atoms with van der Waals surface area (Å²) in [7, 11) is 0. The van der Waals surface area contributed by atoms with Gasteiger partial charge in [0.1, 0.15) is 0 Å². The van der Waals surface area contributed by atoms with E-state index in [2.05, 4.69) is 21.9 Å². The molecule has 2 nitrogen and oxygen atoms in total. The summed E-state index contributed by atoms with van der Waals surface area (Å²) in [5.41, 5.74) is 1.30. The second kappa shape index (κ2) is 7.62. The number of piperazine rings is 1. The number of hydrogen-bond acceptors (Lipinski definition) is 2. The van der Waals surface area contributed by atoms with Crippen LogP contribution in [0.5, 0.6) is 0 Å². The van der Waals surface area contributed by atoms with E-state index < -0.39 is 0 Å². The van der Waals surface area contributed by atoms with E-state index in [4.69, 9.17) is 11.6 Å². The van der Waals surface area contributed by atoms with Crippen molar-refractivity contribution < 1.29 is 0 Å². The fraction of sp³-hybridized carbons (Fsp3) is 0.667. The van der Waals surface area contributed by atoms with Crippen molar-refractivity contribution in [1.82, 2.24) is 9.80 Å². The Bertz CT molecular complexity index is 435. The molecule has 116 valence electrons. The smallest absolute Gasteiger partial charge is 0.0437 e. The minimum Gasteiger partial charge on any atom is -0.301 e. The van der Waals surface area contributed by atoms with Crippen molar-refractivity contribution in [3.8, 4) is 0 Å². The van der Waals surface area contributed by atoms with Gasteiger partial charge < -0.3 is 4.90 Å². The molecule has 2 fully saturated rings. The molecule has 1 aliphatic heterocycles. The normalized spacial score (nSPS) is 22.0. The number of rotatable bonds is 5. The molecule has 0 atom stereocenters. The van der Waals surface area contributed by atoms with Gasteiger partial charge in [0.25, 0.3) is 0 Å². The van der Waals surface area contributed by atoms with Crippen molar-refractivity contribution >= 4 is 11.6 Å². The van der Waals surface area contributed by atoms with Gasteiger partial charge in [-0.25, -0.2) is 0 Å². The quantitative estimate of drug-likeness (QED) is 0.815. The third-order valence-electron chi connectivity index (χ3n) is 5.13. The van der Waals surface area contributed by atoms with Gasteiger partial charge in [-0.05, 0) is 43.9 Å². The number of aryl methyl sites for hydroxylation is 1. The maximum atomic E-state index is 6.22. The van der Waals surface area contributed by atoms with Gasteiger partial charge in [0.15, 0.2) is 0 Å². The van der Waals surface area contributed by atoms with Crippen LogP contribution in [0.3, 0.4) is 0 Å². The topological polar surface area (TPSA) is 6.48 Å². The van der Waals surface area contributed by atoms with E-state index in [1.54, 1.807) is 0 Å². The molecule has 0 amide bonds. The summed E-state index contributed by atoms with van der Waals surface area (Å²) in [6.07, 6.45) is 8.08. The molecule has 0 unspecified atom stereocenters. The van der Waals surface area contributed by atoms with Gasteiger partial charge in [0, 0.05) is 37.2 Å². The van der Waals surface area contributed by atoms with Crippen LogP contribution in [-0.4, -0.2) is 48.6 Å².